The van der Waals surface area contributed by atoms with Crippen molar-refractivity contribution >= 4 is 6.09 Å². The molecule has 14 heavy (non-hydrogen) atoms. The van der Waals surface area contributed by atoms with Crippen molar-refractivity contribution in [2.75, 3.05) is 7.11 Å². The fraction of sp³-hybridized carbons (Fsp3) is 0.222. The first-order chi connectivity index (χ1) is 6.72. The molecular formula is C9H12N2O3. The van der Waals surface area contributed by atoms with Gasteiger partial charge in [0.15, 0.2) is 0 Å². The first-order valence-corrected chi connectivity index (χ1v) is 4.07. The lowest BCUT2D eigenvalue weighted by Crippen LogP contribution is -2.35. The van der Waals surface area contributed by atoms with Gasteiger partial charge in [0, 0.05) is 6.54 Å². The number of rotatable bonds is 4. The molecule has 0 atom stereocenters. The summed E-state index contributed by atoms with van der Waals surface area (Å²) < 4.78 is 4.98. The Morgan fingerprint density at radius 2 is 2.07 bits per heavy atom. The average molecular weight is 196 g/mol. The van der Waals surface area contributed by atoms with Crippen molar-refractivity contribution in [2.24, 2.45) is 0 Å². The molecule has 3 N–H and O–H groups in total. The fourth-order valence-electron chi connectivity index (χ4n) is 0.965. The van der Waals surface area contributed by atoms with Crippen LogP contribution in [0.5, 0.6) is 5.75 Å². The Kier molecular flexibility index (Phi) is 3.75. The molecule has 5 nitrogen and oxygen atoms in total. The minimum Gasteiger partial charge on any atom is -0.497 e. The van der Waals surface area contributed by atoms with E-state index < -0.39 is 6.09 Å². The first-order valence-electron chi connectivity index (χ1n) is 4.07. The summed E-state index contributed by atoms with van der Waals surface area (Å²) >= 11 is 0. The number of hydrazine groups is 1. The van der Waals surface area contributed by atoms with Gasteiger partial charge < -0.3 is 9.84 Å². The molecule has 0 saturated carbocycles. The van der Waals surface area contributed by atoms with Gasteiger partial charge in [0.1, 0.15) is 5.75 Å². The Morgan fingerprint density at radius 3 is 2.57 bits per heavy atom. The highest BCUT2D eigenvalue weighted by Crippen LogP contribution is 2.10. The number of benzene rings is 1. The van der Waals surface area contributed by atoms with Crippen LogP contribution in [0.1, 0.15) is 5.56 Å². The molecule has 0 bridgehead atoms. The normalized spacial score (nSPS) is 9.50. The van der Waals surface area contributed by atoms with E-state index in [1.165, 1.54) is 0 Å². The molecule has 0 aliphatic carbocycles. The van der Waals surface area contributed by atoms with E-state index in [9.17, 15) is 4.79 Å². The zero-order chi connectivity index (χ0) is 10.4. The lowest BCUT2D eigenvalue weighted by Gasteiger charge is -2.04. The Bertz CT molecular complexity index is 297. The monoisotopic (exact) mass is 196 g/mol. The maximum atomic E-state index is 10.1. The van der Waals surface area contributed by atoms with Crippen molar-refractivity contribution in [1.82, 2.24) is 10.9 Å². The quantitative estimate of drug-likeness (QED) is 0.627. The van der Waals surface area contributed by atoms with Gasteiger partial charge in [-0.15, -0.1) is 0 Å². The van der Waals surface area contributed by atoms with Gasteiger partial charge in [-0.05, 0) is 17.7 Å². The van der Waals surface area contributed by atoms with Crippen LogP contribution in [0, 0.1) is 0 Å². The molecule has 76 valence electrons. The predicted octanol–water partition coefficient (Wildman–Crippen LogP) is 0.967. The lowest BCUT2D eigenvalue weighted by molar-refractivity contribution is 0.189. The Hall–Kier alpha value is -1.75. The lowest BCUT2D eigenvalue weighted by atomic mass is 10.2. The number of amides is 1. The van der Waals surface area contributed by atoms with Gasteiger partial charge in [-0.25, -0.2) is 10.2 Å². The van der Waals surface area contributed by atoms with Crippen LogP contribution in [0.25, 0.3) is 0 Å². The van der Waals surface area contributed by atoms with E-state index in [0.717, 1.165) is 11.3 Å². The SMILES string of the molecule is COc1ccc(CNNC(=O)O)cc1. The number of carbonyl (C=O) groups is 1. The molecule has 0 saturated heterocycles. The molecule has 0 aliphatic rings. The van der Waals surface area contributed by atoms with Crippen molar-refractivity contribution < 1.29 is 14.6 Å². The minimum absolute atomic E-state index is 0.441. The van der Waals surface area contributed by atoms with E-state index in [0.29, 0.717) is 6.54 Å². The smallest absolute Gasteiger partial charge is 0.419 e. The van der Waals surface area contributed by atoms with Gasteiger partial charge in [0.05, 0.1) is 7.11 Å². The van der Waals surface area contributed by atoms with Crippen molar-refractivity contribution in [3.63, 3.8) is 0 Å². The molecule has 0 aromatic heterocycles. The summed E-state index contributed by atoms with van der Waals surface area (Å²) in [7, 11) is 1.60. The van der Waals surface area contributed by atoms with Gasteiger partial charge in [-0.1, -0.05) is 12.1 Å². The molecule has 1 rings (SSSR count). The molecule has 0 fully saturated rings. The van der Waals surface area contributed by atoms with Crippen LogP contribution in [-0.4, -0.2) is 18.3 Å². The van der Waals surface area contributed by atoms with Gasteiger partial charge in [-0.2, -0.15) is 0 Å². The molecule has 1 aromatic rings. The summed E-state index contributed by atoms with van der Waals surface area (Å²) in [6.07, 6.45) is -1.10. The fourth-order valence-corrected chi connectivity index (χ4v) is 0.965. The topological polar surface area (TPSA) is 70.6 Å². The highest BCUT2D eigenvalue weighted by molar-refractivity contribution is 5.63. The maximum absolute atomic E-state index is 10.1. The summed E-state index contributed by atoms with van der Waals surface area (Å²) in [5, 5.41) is 8.28. The molecule has 0 radical (unpaired) electrons. The van der Waals surface area contributed by atoms with E-state index in [1.54, 1.807) is 7.11 Å². The molecule has 1 amide bonds. The molecule has 5 heteroatoms. The second-order valence-corrected chi connectivity index (χ2v) is 2.63. The van der Waals surface area contributed by atoms with Gasteiger partial charge >= 0.3 is 6.09 Å². The zero-order valence-corrected chi connectivity index (χ0v) is 7.78. The Labute approximate surface area is 81.7 Å². The molecule has 0 heterocycles. The third-order valence-corrected chi connectivity index (χ3v) is 1.65. The van der Waals surface area contributed by atoms with Gasteiger partial charge in [0.25, 0.3) is 0 Å². The number of ether oxygens (including phenoxy) is 1. The number of methoxy groups -OCH3 is 1. The van der Waals surface area contributed by atoms with Crippen molar-refractivity contribution in [1.29, 1.82) is 0 Å². The van der Waals surface area contributed by atoms with Crippen LogP contribution in [0.15, 0.2) is 24.3 Å². The summed E-state index contributed by atoms with van der Waals surface area (Å²) in [6.45, 7) is 0.441. The third kappa shape index (κ3) is 3.32. The van der Waals surface area contributed by atoms with E-state index in [1.807, 2.05) is 24.3 Å². The van der Waals surface area contributed by atoms with Crippen molar-refractivity contribution in [3.05, 3.63) is 29.8 Å². The van der Waals surface area contributed by atoms with Crippen LogP contribution in [0.4, 0.5) is 4.79 Å². The standard InChI is InChI=1S/C9H12N2O3/c1-14-8-4-2-7(3-5-8)6-10-11-9(12)13/h2-5,10-11H,6H2,1H3,(H,12,13). The number of hydrogen-bond acceptors (Lipinski definition) is 3. The number of hydrogen-bond donors (Lipinski definition) is 3. The number of carboxylic acid groups (broad SMARTS) is 1. The van der Waals surface area contributed by atoms with E-state index in [2.05, 4.69) is 10.9 Å². The second-order valence-electron chi connectivity index (χ2n) is 2.63. The van der Waals surface area contributed by atoms with Crippen LogP contribution in [0.2, 0.25) is 0 Å². The van der Waals surface area contributed by atoms with Crippen molar-refractivity contribution in [2.45, 2.75) is 6.54 Å². The highest BCUT2D eigenvalue weighted by Gasteiger charge is 1.95. The van der Waals surface area contributed by atoms with Gasteiger partial charge in [0.2, 0.25) is 0 Å². The molecular weight excluding hydrogens is 184 g/mol. The maximum Gasteiger partial charge on any atom is 0.419 e. The van der Waals surface area contributed by atoms with Gasteiger partial charge in [-0.3, -0.25) is 5.43 Å². The van der Waals surface area contributed by atoms with E-state index in [4.69, 9.17) is 9.84 Å². The number of nitrogens with one attached hydrogen (secondary N) is 2. The summed E-state index contributed by atoms with van der Waals surface area (Å²) in [6, 6.07) is 7.35. The van der Waals surface area contributed by atoms with Crippen LogP contribution in [-0.2, 0) is 6.54 Å². The third-order valence-electron chi connectivity index (χ3n) is 1.65. The molecule has 1 aromatic carbocycles. The average Bonchev–Trinajstić information content (AvgIpc) is 2.18. The molecule has 0 unspecified atom stereocenters. The van der Waals surface area contributed by atoms with Crippen LogP contribution >= 0.6 is 0 Å². The van der Waals surface area contributed by atoms with E-state index >= 15 is 0 Å². The van der Waals surface area contributed by atoms with E-state index in [-0.39, 0.29) is 0 Å². The summed E-state index contributed by atoms with van der Waals surface area (Å²) in [5.74, 6) is 0.778. The second kappa shape index (κ2) is 5.08. The summed E-state index contributed by atoms with van der Waals surface area (Å²) in [5.41, 5.74) is 5.58. The molecule has 0 spiro atoms. The Balaban J connectivity index is 2.40. The largest absolute Gasteiger partial charge is 0.497 e. The molecule has 0 aliphatic heterocycles. The summed E-state index contributed by atoms with van der Waals surface area (Å²) in [4.78, 5) is 10.1. The zero-order valence-electron chi connectivity index (χ0n) is 7.78. The first kappa shape index (κ1) is 10.3. The van der Waals surface area contributed by atoms with Crippen LogP contribution < -0.4 is 15.6 Å². The van der Waals surface area contributed by atoms with Crippen LogP contribution in [0.3, 0.4) is 0 Å². The highest BCUT2D eigenvalue weighted by atomic mass is 16.5. The Morgan fingerprint density at radius 1 is 1.43 bits per heavy atom. The van der Waals surface area contributed by atoms with Crippen molar-refractivity contribution in [3.8, 4) is 5.75 Å². The minimum atomic E-state index is -1.10. The predicted molar refractivity (Wildman–Crippen MR) is 51.0 cm³/mol.